The van der Waals surface area contributed by atoms with E-state index in [-0.39, 0.29) is 0 Å². The lowest BCUT2D eigenvalue weighted by Gasteiger charge is -2.46. The highest BCUT2D eigenvalue weighted by Gasteiger charge is 2.52. The average Bonchev–Trinajstić information content (AvgIpc) is 3.01. The Morgan fingerprint density at radius 1 is 0.425 bits per heavy atom. The second-order valence-corrected chi connectivity index (χ2v) is 10.5. The van der Waals surface area contributed by atoms with Crippen LogP contribution in [0, 0.1) is 0 Å². The summed E-state index contributed by atoms with van der Waals surface area (Å²) in [4.78, 5) is 0. The minimum atomic E-state index is -1.03. The number of alkyl halides is 1. The van der Waals surface area contributed by atoms with Gasteiger partial charge in [-0.1, -0.05) is 121 Å². The molecule has 208 valence electrons. The van der Waals surface area contributed by atoms with Gasteiger partial charge in [0.05, 0.1) is 31.8 Å². The van der Waals surface area contributed by atoms with Gasteiger partial charge in [-0.05, 0) is 22.3 Å². The molecule has 0 bridgehead atoms. The van der Waals surface area contributed by atoms with Crippen molar-refractivity contribution in [2.24, 2.45) is 0 Å². The summed E-state index contributed by atoms with van der Waals surface area (Å²) in [5.41, 5.74) is 4.01. The van der Waals surface area contributed by atoms with E-state index in [1.807, 2.05) is 121 Å². The van der Waals surface area contributed by atoms with Crippen LogP contribution in [0.25, 0.3) is 0 Å². The predicted octanol–water partition coefficient (Wildman–Crippen LogP) is 6.31. The van der Waals surface area contributed by atoms with Crippen LogP contribution < -0.4 is 0 Å². The molecule has 5 nitrogen and oxygen atoms in total. The Hall–Kier alpha value is -3.03. The molecule has 4 aromatic carbocycles. The number of aliphatic hydroxyl groups excluding tert-OH is 1. The third-order valence-corrected chi connectivity index (χ3v) is 7.59. The minimum absolute atomic E-state index is 0.303. The second-order valence-electron chi connectivity index (χ2n) is 9.98. The molecule has 1 aliphatic carbocycles. The summed E-state index contributed by atoms with van der Waals surface area (Å²) in [6.07, 6.45) is -3.75. The highest BCUT2D eigenvalue weighted by Crippen LogP contribution is 2.35. The Bertz CT molecular complexity index is 1200. The maximum Gasteiger partial charge on any atom is 0.115 e. The van der Waals surface area contributed by atoms with Gasteiger partial charge in [0.2, 0.25) is 0 Å². The van der Waals surface area contributed by atoms with Gasteiger partial charge < -0.3 is 24.1 Å². The van der Waals surface area contributed by atoms with Crippen molar-refractivity contribution < 1.29 is 24.1 Å². The molecule has 4 aromatic rings. The summed E-state index contributed by atoms with van der Waals surface area (Å²) in [5, 5.41) is 11.0. The molecule has 40 heavy (non-hydrogen) atoms. The standard InChI is InChI=1S/C34H35ClO5/c35-29-31(37-21-25-13-5-1-6-14-25)30(36)33(39-23-27-17-9-3-10-18-27)34(40-24-28-19-11-4-12-20-28)32(29)38-22-26-15-7-2-8-16-26/h1-20,29-34,36H,21-24H2/t29-,30+,31+,32+,33-,34-/m0/s1. The van der Waals surface area contributed by atoms with Crippen molar-refractivity contribution in [3.8, 4) is 0 Å². The lowest BCUT2D eigenvalue weighted by Crippen LogP contribution is -2.64. The molecule has 0 unspecified atom stereocenters. The molecule has 0 saturated heterocycles. The monoisotopic (exact) mass is 558 g/mol. The fraction of sp³-hybridized carbons (Fsp3) is 0.294. The van der Waals surface area contributed by atoms with Gasteiger partial charge in [0, 0.05) is 0 Å². The van der Waals surface area contributed by atoms with Crippen LogP contribution in [0.4, 0.5) is 0 Å². The second kappa shape index (κ2) is 14.6. The Balaban J connectivity index is 1.41. The number of hydrogen-bond acceptors (Lipinski definition) is 5. The molecular formula is C34H35ClO5. The van der Waals surface area contributed by atoms with Crippen LogP contribution in [-0.2, 0) is 45.4 Å². The third-order valence-electron chi connectivity index (χ3n) is 7.09. The molecule has 6 atom stereocenters. The molecule has 5 rings (SSSR count). The predicted molar refractivity (Wildman–Crippen MR) is 156 cm³/mol. The normalized spacial score (nSPS) is 24.6. The van der Waals surface area contributed by atoms with Crippen LogP contribution >= 0.6 is 11.6 Å². The van der Waals surface area contributed by atoms with Crippen LogP contribution in [-0.4, -0.2) is 41.0 Å². The van der Waals surface area contributed by atoms with Gasteiger partial charge in [0.15, 0.2) is 0 Å². The molecule has 0 amide bonds. The highest BCUT2D eigenvalue weighted by atomic mass is 35.5. The van der Waals surface area contributed by atoms with Gasteiger partial charge in [-0.2, -0.15) is 0 Å². The van der Waals surface area contributed by atoms with Crippen molar-refractivity contribution in [1.29, 1.82) is 0 Å². The minimum Gasteiger partial charge on any atom is -0.388 e. The summed E-state index contributed by atoms with van der Waals surface area (Å²) < 4.78 is 25.6. The fourth-order valence-electron chi connectivity index (χ4n) is 4.95. The van der Waals surface area contributed by atoms with E-state index in [0.717, 1.165) is 22.3 Å². The first kappa shape index (κ1) is 28.5. The number of rotatable bonds is 12. The fourth-order valence-corrected chi connectivity index (χ4v) is 5.39. The molecule has 1 fully saturated rings. The van der Waals surface area contributed by atoms with Gasteiger partial charge in [0.1, 0.15) is 30.5 Å². The molecule has 1 N–H and O–H groups in total. The van der Waals surface area contributed by atoms with Crippen molar-refractivity contribution in [2.75, 3.05) is 0 Å². The van der Waals surface area contributed by atoms with E-state index in [1.54, 1.807) is 0 Å². The molecule has 1 saturated carbocycles. The summed E-state index contributed by atoms with van der Waals surface area (Å²) in [7, 11) is 0. The number of ether oxygens (including phenoxy) is 4. The molecule has 1 aliphatic rings. The van der Waals surface area contributed by atoms with Crippen LogP contribution in [0.5, 0.6) is 0 Å². The first-order chi connectivity index (χ1) is 19.7. The number of aliphatic hydroxyl groups is 1. The van der Waals surface area contributed by atoms with E-state index >= 15 is 0 Å². The number of hydrogen-bond donors (Lipinski definition) is 1. The van der Waals surface area contributed by atoms with Gasteiger partial charge in [-0.15, -0.1) is 11.6 Å². The van der Waals surface area contributed by atoms with Gasteiger partial charge in [-0.25, -0.2) is 0 Å². The van der Waals surface area contributed by atoms with E-state index in [1.165, 1.54) is 0 Å². The first-order valence-corrected chi connectivity index (χ1v) is 14.1. The smallest absolute Gasteiger partial charge is 0.115 e. The molecule has 0 heterocycles. The van der Waals surface area contributed by atoms with Crippen molar-refractivity contribution in [1.82, 2.24) is 0 Å². The number of benzene rings is 4. The molecule has 0 spiro atoms. The SMILES string of the molecule is O[C@@H]1[C@H](OCc2ccccc2)[C@H](Cl)[C@@H](OCc2ccccc2)[C@H](OCc2ccccc2)[C@H]1OCc1ccccc1. The van der Waals surface area contributed by atoms with Gasteiger partial charge in [-0.3, -0.25) is 0 Å². The molecule has 0 aliphatic heterocycles. The summed E-state index contributed by atoms with van der Waals surface area (Å²) >= 11 is 7.09. The Morgan fingerprint density at radius 2 is 0.725 bits per heavy atom. The quantitative estimate of drug-likeness (QED) is 0.207. The van der Waals surface area contributed by atoms with Crippen LogP contribution in [0.15, 0.2) is 121 Å². The zero-order valence-electron chi connectivity index (χ0n) is 22.3. The lowest BCUT2D eigenvalue weighted by atomic mass is 9.85. The maximum atomic E-state index is 11.7. The zero-order valence-corrected chi connectivity index (χ0v) is 23.1. The van der Waals surface area contributed by atoms with Crippen molar-refractivity contribution in [3.05, 3.63) is 144 Å². The lowest BCUT2D eigenvalue weighted by molar-refractivity contribution is -0.235. The van der Waals surface area contributed by atoms with E-state index in [9.17, 15) is 5.11 Å². The Kier molecular flexibility index (Phi) is 10.4. The first-order valence-electron chi connectivity index (χ1n) is 13.6. The Morgan fingerprint density at radius 3 is 1.10 bits per heavy atom. The zero-order chi connectivity index (χ0) is 27.6. The van der Waals surface area contributed by atoms with Crippen LogP contribution in [0.1, 0.15) is 22.3 Å². The van der Waals surface area contributed by atoms with E-state index in [2.05, 4.69) is 0 Å². The van der Waals surface area contributed by atoms with Crippen molar-refractivity contribution >= 4 is 11.6 Å². The molecular weight excluding hydrogens is 524 g/mol. The summed E-state index contributed by atoms with van der Waals surface area (Å²) in [6.45, 7) is 1.27. The van der Waals surface area contributed by atoms with E-state index in [0.29, 0.717) is 26.4 Å². The van der Waals surface area contributed by atoms with Gasteiger partial charge in [0.25, 0.3) is 0 Å². The Labute approximate surface area is 241 Å². The summed E-state index contributed by atoms with van der Waals surface area (Å²) in [6, 6.07) is 39.6. The van der Waals surface area contributed by atoms with Gasteiger partial charge >= 0.3 is 0 Å². The van der Waals surface area contributed by atoms with Crippen LogP contribution in [0.2, 0.25) is 0 Å². The van der Waals surface area contributed by atoms with E-state index < -0.39 is 35.9 Å². The molecule has 0 radical (unpaired) electrons. The van der Waals surface area contributed by atoms with Crippen LogP contribution in [0.3, 0.4) is 0 Å². The average molecular weight is 559 g/mol. The van der Waals surface area contributed by atoms with E-state index in [4.69, 9.17) is 30.5 Å². The third kappa shape index (κ3) is 7.58. The van der Waals surface area contributed by atoms with Crippen molar-refractivity contribution in [2.45, 2.75) is 62.3 Å². The maximum absolute atomic E-state index is 11.7. The number of halogens is 1. The molecule has 6 heteroatoms. The molecule has 0 aromatic heterocycles. The topological polar surface area (TPSA) is 57.2 Å². The highest BCUT2D eigenvalue weighted by molar-refractivity contribution is 6.21. The largest absolute Gasteiger partial charge is 0.388 e. The summed E-state index contributed by atoms with van der Waals surface area (Å²) in [5.74, 6) is 0. The van der Waals surface area contributed by atoms with Crippen molar-refractivity contribution in [3.63, 3.8) is 0 Å².